The molecule has 4 heterocycles. The third-order valence-electron chi connectivity index (χ3n) is 17.4. The zero-order valence-corrected chi connectivity index (χ0v) is 49.7. The summed E-state index contributed by atoms with van der Waals surface area (Å²) in [6.45, 7) is 27.0. The fraction of sp³-hybridized carbons (Fsp3) is 0.182. The summed E-state index contributed by atoms with van der Waals surface area (Å²) in [5, 5.41) is 7.09. The number of hydrogen-bond acceptors (Lipinski definition) is 3. The molecule has 0 N–H and O–H groups in total. The second-order valence-corrected chi connectivity index (χ2v) is 25.3. The number of hydrogen-bond donors (Lipinski definition) is 0. The summed E-state index contributed by atoms with van der Waals surface area (Å²) in [6.07, 6.45) is 0. The lowest BCUT2D eigenvalue weighted by atomic mass is 9.86. The Morgan fingerprint density at radius 2 is 0.639 bits per heavy atom. The summed E-state index contributed by atoms with van der Waals surface area (Å²) in [5.41, 5.74) is 25.3. The monoisotopic (exact) mass is 1080 g/mol. The molecule has 406 valence electrons. The topological polar surface area (TPSA) is 53.5 Å². The predicted molar refractivity (Wildman–Crippen MR) is 350 cm³/mol. The first kappa shape index (κ1) is 51.7. The van der Waals surface area contributed by atoms with Crippen LogP contribution in [0.1, 0.15) is 86.1 Å². The zero-order valence-electron chi connectivity index (χ0n) is 49.7. The Labute approximate surface area is 486 Å². The van der Waals surface area contributed by atoms with Gasteiger partial charge in [-0.25, -0.2) is 4.98 Å². The van der Waals surface area contributed by atoms with Crippen LogP contribution in [0, 0.1) is 41.5 Å². The van der Waals surface area contributed by atoms with Crippen molar-refractivity contribution in [3.8, 4) is 62.4 Å². The van der Waals surface area contributed by atoms with Gasteiger partial charge in [0.25, 0.3) is 0 Å². The van der Waals surface area contributed by atoms with Gasteiger partial charge in [0, 0.05) is 43.4 Å². The molecule has 0 bridgehead atoms. The molecule has 14 rings (SSSR count). The maximum absolute atomic E-state index is 5.73. The summed E-state index contributed by atoms with van der Waals surface area (Å²) in [7, 11) is 0. The van der Waals surface area contributed by atoms with E-state index in [4.69, 9.17) is 15.0 Å². The van der Waals surface area contributed by atoms with Gasteiger partial charge >= 0.3 is 0 Å². The molecule has 0 saturated carbocycles. The van der Waals surface area contributed by atoms with Crippen molar-refractivity contribution >= 4 is 65.4 Å². The minimum atomic E-state index is -0.0229. The molecule has 6 heteroatoms. The third-order valence-corrected chi connectivity index (χ3v) is 17.4. The van der Waals surface area contributed by atoms with Crippen LogP contribution in [0.25, 0.3) is 128 Å². The minimum Gasteiger partial charge on any atom is -0.309 e. The summed E-state index contributed by atoms with van der Waals surface area (Å²) in [4.78, 5) is 17.2. The molecule has 0 aliphatic rings. The summed E-state index contributed by atoms with van der Waals surface area (Å²) >= 11 is 0. The van der Waals surface area contributed by atoms with Gasteiger partial charge < -0.3 is 9.13 Å². The highest BCUT2D eigenvalue weighted by atomic mass is 15.2. The third kappa shape index (κ3) is 8.48. The van der Waals surface area contributed by atoms with E-state index < -0.39 is 0 Å². The van der Waals surface area contributed by atoms with Crippen molar-refractivity contribution < 1.29 is 0 Å². The van der Waals surface area contributed by atoms with Gasteiger partial charge in [0.2, 0.25) is 5.95 Å². The van der Waals surface area contributed by atoms with E-state index in [0.717, 1.165) is 66.4 Å². The summed E-state index contributed by atoms with van der Waals surface area (Å²) in [5.74, 6) is 1.68. The maximum Gasteiger partial charge on any atom is 0.238 e. The fourth-order valence-electron chi connectivity index (χ4n) is 13.6. The quantitative estimate of drug-likeness (QED) is 0.160. The first-order chi connectivity index (χ1) is 39.9. The van der Waals surface area contributed by atoms with Crippen LogP contribution < -0.4 is 0 Å². The predicted octanol–water partition coefficient (Wildman–Crippen LogP) is 20.3. The van der Waals surface area contributed by atoms with Gasteiger partial charge in [-0.3, -0.25) is 4.57 Å². The number of nitrogens with zero attached hydrogens (tertiary/aromatic N) is 6. The van der Waals surface area contributed by atoms with E-state index in [-0.39, 0.29) is 10.8 Å². The number of aryl methyl sites for hydroxylation is 6. The van der Waals surface area contributed by atoms with Gasteiger partial charge in [0.15, 0.2) is 11.6 Å². The number of rotatable bonds is 7. The Morgan fingerprint density at radius 1 is 0.301 bits per heavy atom. The number of aromatic nitrogens is 6. The Hall–Kier alpha value is -9.39. The van der Waals surface area contributed by atoms with Crippen molar-refractivity contribution in [3.63, 3.8) is 0 Å². The number of benzene rings is 10. The number of fused-ring (bicyclic) bond motifs is 9. The van der Waals surface area contributed by atoms with Crippen molar-refractivity contribution in [2.24, 2.45) is 0 Å². The average molecular weight is 1080 g/mol. The Kier molecular flexibility index (Phi) is 11.9. The molecule has 10 aromatic carbocycles. The summed E-state index contributed by atoms with van der Waals surface area (Å²) < 4.78 is 7.09. The molecule has 0 spiro atoms. The second kappa shape index (κ2) is 19.1. The van der Waals surface area contributed by atoms with E-state index in [0.29, 0.717) is 17.6 Å². The number of para-hydroxylation sites is 4. The van der Waals surface area contributed by atoms with Gasteiger partial charge in [0.1, 0.15) is 0 Å². The first-order valence-electron chi connectivity index (χ1n) is 29.2. The van der Waals surface area contributed by atoms with Crippen LogP contribution in [-0.2, 0) is 10.8 Å². The summed E-state index contributed by atoms with van der Waals surface area (Å²) in [6, 6.07) is 71.9. The van der Waals surface area contributed by atoms with Crippen molar-refractivity contribution in [1.82, 2.24) is 28.7 Å². The molecule has 0 unspecified atom stereocenters. The Balaban J connectivity index is 1.08. The van der Waals surface area contributed by atoms with Crippen LogP contribution in [0.15, 0.2) is 194 Å². The van der Waals surface area contributed by atoms with Gasteiger partial charge in [-0.2, -0.15) is 9.97 Å². The molecule has 0 fully saturated rings. The van der Waals surface area contributed by atoms with E-state index in [9.17, 15) is 0 Å². The lowest BCUT2D eigenvalue weighted by Gasteiger charge is -2.20. The second-order valence-electron chi connectivity index (χ2n) is 25.3. The van der Waals surface area contributed by atoms with E-state index in [2.05, 4.69) is 291 Å². The standard InChI is InChI=1S/C77H68N6/c1-45-37-47(3)71(48(4)38-45)51-29-33-69-59(41-51)60-42-52(72-49(5)39-46(2)40-50(72)6)30-34-70(60)83(69)75-79-73(57-23-15-19-27-65(57)81-63-25-17-13-21-55(63)61-43-53(76(7,8)9)31-35-67(61)81)78-74(80-75)58-24-16-20-28-66(58)82-64-26-18-14-22-56(64)62-44-54(77(10,11)12)32-36-68(62)82/h13-44H,1-12H3. The average Bonchev–Trinajstić information content (AvgIpc) is 2.01. The SMILES string of the molecule is Cc1cc(C)c(-c2ccc3c(c2)c2cc(-c4c(C)cc(C)cc4C)ccc2n3-c2nc(-c3ccccc3-n3c4ccccc4c4cc(C(C)(C)C)ccc43)nc(-c3ccccc3-n3c4ccccc4c4cc(C(C)(C)C)ccc43)n2)c(C)c1. The molecule has 0 aliphatic carbocycles. The van der Waals surface area contributed by atoms with Crippen molar-refractivity contribution in [1.29, 1.82) is 0 Å². The van der Waals surface area contributed by atoms with E-state index >= 15 is 0 Å². The molecule has 0 aliphatic heterocycles. The molecule has 4 aromatic heterocycles. The molecule has 0 atom stereocenters. The van der Waals surface area contributed by atoms with Crippen LogP contribution in [-0.4, -0.2) is 28.7 Å². The Morgan fingerprint density at radius 3 is 1.05 bits per heavy atom. The van der Waals surface area contributed by atoms with Crippen LogP contribution in [0.2, 0.25) is 0 Å². The smallest absolute Gasteiger partial charge is 0.238 e. The molecule has 0 radical (unpaired) electrons. The highest BCUT2D eigenvalue weighted by molar-refractivity contribution is 6.13. The lowest BCUT2D eigenvalue weighted by molar-refractivity contribution is 0.591. The molecule has 14 aromatic rings. The fourth-order valence-corrected chi connectivity index (χ4v) is 13.6. The maximum atomic E-state index is 5.73. The van der Waals surface area contributed by atoms with Gasteiger partial charge in [-0.05, 0) is 193 Å². The molecule has 6 nitrogen and oxygen atoms in total. The normalized spacial score (nSPS) is 12.3. The minimum absolute atomic E-state index is 0.0229. The van der Waals surface area contributed by atoms with Crippen molar-refractivity contribution in [3.05, 3.63) is 239 Å². The van der Waals surface area contributed by atoms with Gasteiger partial charge in [-0.1, -0.05) is 162 Å². The molecular weight excluding hydrogens is 1010 g/mol. The van der Waals surface area contributed by atoms with Gasteiger partial charge in [-0.15, -0.1) is 0 Å². The van der Waals surface area contributed by atoms with Crippen LogP contribution in [0.4, 0.5) is 0 Å². The highest BCUT2D eigenvalue weighted by Gasteiger charge is 2.26. The molecule has 83 heavy (non-hydrogen) atoms. The molecule has 0 amide bonds. The van der Waals surface area contributed by atoms with Crippen LogP contribution in [0.5, 0.6) is 0 Å². The zero-order chi connectivity index (χ0) is 57.4. The van der Waals surface area contributed by atoms with Gasteiger partial charge in [0.05, 0.1) is 44.5 Å². The largest absolute Gasteiger partial charge is 0.309 e. The van der Waals surface area contributed by atoms with E-state index in [1.54, 1.807) is 0 Å². The molecular formula is C77H68N6. The van der Waals surface area contributed by atoms with Crippen molar-refractivity contribution in [2.75, 3.05) is 0 Å². The van der Waals surface area contributed by atoms with E-state index in [1.165, 1.54) is 88.3 Å². The Bertz CT molecular complexity index is 4650. The molecule has 0 saturated heterocycles. The van der Waals surface area contributed by atoms with Crippen LogP contribution in [0.3, 0.4) is 0 Å². The van der Waals surface area contributed by atoms with E-state index in [1.807, 2.05) is 0 Å². The first-order valence-corrected chi connectivity index (χ1v) is 29.2. The van der Waals surface area contributed by atoms with Crippen molar-refractivity contribution in [2.45, 2.75) is 93.9 Å². The van der Waals surface area contributed by atoms with Crippen LogP contribution >= 0.6 is 0 Å². The highest BCUT2D eigenvalue weighted by Crippen LogP contribution is 2.44. The lowest BCUT2D eigenvalue weighted by Crippen LogP contribution is -2.10.